The fourth-order valence-corrected chi connectivity index (χ4v) is 3.61. The van der Waals surface area contributed by atoms with Crippen LogP contribution in [0.5, 0.6) is 0 Å². The molecule has 0 bridgehead atoms. The Balaban J connectivity index is 1.68. The summed E-state index contributed by atoms with van der Waals surface area (Å²) in [6.07, 6.45) is 3.73. The largest absolute Gasteiger partial charge is 0.338 e. The first kappa shape index (κ1) is 15.9. The van der Waals surface area contributed by atoms with Gasteiger partial charge in [-0.3, -0.25) is 4.79 Å². The van der Waals surface area contributed by atoms with Gasteiger partial charge in [0.15, 0.2) is 0 Å². The number of nitrogens with two attached hydrogens (primary N) is 1. The van der Waals surface area contributed by atoms with Gasteiger partial charge in [-0.25, -0.2) is 0 Å². The number of thioether (sulfide) groups is 1. The molecule has 1 aromatic carbocycles. The highest BCUT2D eigenvalue weighted by molar-refractivity contribution is 9.10. The van der Waals surface area contributed by atoms with Gasteiger partial charge < -0.3 is 10.6 Å². The molecule has 1 aliphatic rings. The number of hydrogen-bond donors (Lipinski definition) is 1. The number of nitrogens with zero attached hydrogens (tertiary/aromatic N) is 1. The van der Waals surface area contributed by atoms with Crippen molar-refractivity contribution in [1.29, 1.82) is 0 Å². The zero-order valence-electron chi connectivity index (χ0n) is 11.6. The molecular weight excluding hydrogens is 336 g/mol. The second-order valence-electron chi connectivity index (χ2n) is 5.02. The van der Waals surface area contributed by atoms with Crippen LogP contribution in [0, 0.1) is 0 Å². The van der Waals surface area contributed by atoms with Crippen molar-refractivity contribution < 1.29 is 4.79 Å². The summed E-state index contributed by atoms with van der Waals surface area (Å²) >= 11 is 5.23. The molecule has 0 aliphatic carbocycles. The van der Waals surface area contributed by atoms with Crippen LogP contribution in [-0.2, 0) is 4.79 Å². The normalized spacial score (nSPS) is 18.5. The summed E-state index contributed by atoms with van der Waals surface area (Å²) in [5.74, 6) is 1.25. The first-order valence-electron chi connectivity index (χ1n) is 7.08. The fourth-order valence-electron chi connectivity index (χ4n) is 2.50. The Morgan fingerprint density at radius 2 is 2.15 bits per heavy atom. The lowest BCUT2D eigenvalue weighted by Gasteiger charge is -2.23. The van der Waals surface area contributed by atoms with Crippen LogP contribution in [0.1, 0.15) is 25.7 Å². The summed E-state index contributed by atoms with van der Waals surface area (Å²) in [5.41, 5.74) is 5.70. The lowest BCUT2D eigenvalue weighted by atomic mass is 10.2. The second-order valence-corrected chi connectivity index (χ2v) is 7.11. The zero-order chi connectivity index (χ0) is 14.4. The monoisotopic (exact) mass is 356 g/mol. The van der Waals surface area contributed by atoms with Gasteiger partial charge in [0.05, 0.1) is 0 Å². The van der Waals surface area contributed by atoms with Crippen molar-refractivity contribution in [3.8, 4) is 0 Å². The van der Waals surface area contributed by atoms with Gasteiger partial charge in [0.1, 0.15) is 0 Å². The molecule has 1 fully saturated rings. The number of benzene rings is 1. The SMILES string of the molecule is NCC1CCCN1C(=O)CCCSc1ccc(Br)cc1. The Morgan fingerprint density at radius 3 is 2.85 bits per heavy atom. The lowest BCUT2D eigenvalue weighted by molar-refractivity contribution is -0.131. The molecule has 1 aliphatic heterocycles. The highest BCUT2D eigenvalue weighted by Gasteiger charge is 2.26. The number of amides is 1. The van der Waals surface area contributed by atoms with Crippen molar-refractivity contribution in [2.75, 3.05) is 18.8 Å². The van der Waals surface area contributed by atoms with E-state index in [1.54, 1.807) is 11.8 Å². The molecule has 0 spiro atoms. The van der Waals surface area contributed by atoms with Gasteiger partial charge in [-0.15, -0.1) is 11.8 Å². The van der Waals surface area contributed by atoms with E-state index in [9.17, 15) is 4.79 Å². The number of rotatable bonds is 6. The summed E-state index contributed by atoms with van der Waals surface area (Å²) in [6.45, 7) is 1.49. The van der Waals surface area contributed by atoms with Gasteiger partial charge in [0.2, 0.25) is 5.91 Å². The van der Waals surface area contributed by atoms with E-state index in [-0.39, 0.29) is 11.9 Å². The molecule has 110 valence electrons. The number of hydrogen-bond acceptors (Lipinski definition) is 3. The number of likely N-dealkylation sites (tertiary alicyclic amines) is 1. The summed E-state index contributed by atoms with van der Waals surface area (Å²) < 4.78 is 1.10. The molecule has 20 heavy (non-hydrogen) atoms. The van der Waals surface area contributed by atoms with Gasteiger partial charge >= 0.3 is 0 Å². The van der Waals surface area contributed by atoms with E-state index in [1.807, 2.05) is 17.0 Å². The van der Waals surface area contributed by atoms with Gasteiger partial charge in [-0.2, -0.15) is 0 Å². The molecule has 1 atom stereocenters. The van der Waals surface area contributed by atoms with Crippen molar-refractivity contribution in [2.24, 2.45) is 5.73 Å². The minimum absolute atomic E-state index is 0.273. The molecule has 5 heteroatoms. The van der Waals surface area contributed by atoms with E-state index in [0.717, 1.165) is 36.0 Å². The Kier molecular flexibility index (Phi) is 6.39. The van der Waals surface area contributed by atoms with Crippen molar-refractivity contribution >= 4 is 33.6 Å². The average Bonchev–Trinajstić information content (AvgIpc) is 2.94. The molecule has 1 aromatic rings. The minimum Gasteiger partial charge on any atom is -0.338 e. The third kappa shape index (κ3) is 4.50. The van der Waals surface area contributed by atoms with E-state index in [2.05, 4.69) is 28.1 Å². The van der Waals surface area contributed by atoms with E-state index < -0.39 is 0 Å². The third-order valence-electron chi connectivity index (χ3n) is 3.59. The molecule has 2 rings (SSSR count). The van der Waals surface area contributed by atoms with Crippen molar-refractivity contribution in [2.45, 2.75) is 36.6 Å². The van der Waals surface area contributed by atoms with Crippen LogP contribution in [-0.4, -0.2) is 35.7 Å². The summed E-state index contributed by atoms with van der Waals surface area (Å²) in [4.78, 5) is 15.4. The minimum atomic E-state index is 0.273. The van der Waals surface area contributed by atoms with Crippen LogP contribution in [0.4, 0.5) is 0 Å². The highest BCUT2D eigenvalue weighted by atomic mass is 79.9. The van der Waals surface area contributed by atoms with Gasteiger partial charge in [0, 0.05) is 34.9 Å². The standard InChI is InChI=1S/C15H21BrN2OS/c16-12-5-7-14(8-6-12)20-10-2-4-15(19)18-9-1-3-13(18)11-17/h5-8,13H,1-4,9-11,17H2. The van der Waals surface area contributed by atoms with E-state index >= 15 is 0 Å². The highest BCUT2D eigenvalue weighted by Crippen LogP contribution is 2.22. The average molecular weight is 357 g/mol. The number of carbonyl (C=O) groups excluding carboxylic acids is 1. The molecular formula is C15H21BrN2OS. The van der Waals surface area contributed by atoms with Crippen molar-refractivity contribution in [3.05, 3.63) is 28.7 Å². The Morgan fingerprint density at radius 1 is 1.40 bits per heavy atom. The number of carbonyl (C=O) groups is 1. The molecule has 1 unspecified atom stereocenters. The van der Waals surface area contributed by atoms with Crippen LogP contribution in [0.25, 0.3) is 0 Å². The maximum absolute atomic E-state index is 12.1. The Hall–Kier alpha value is -0.520. The quantitative estimate of drug-likeness (QED) is 0.628. The second kappa shape index (κ2) is 8.05. The molecule has 0 aromatic heterocycles. The first-order chi connectivity index (χ1) is 9.70. The Labute approximate surface area is 133 Å². The zero-order valence-corrected chi connectivity index (χ0v) is 14.0. The lowest BCUT2D eigenvalue weighted by Crippen LogP contribution is -2.39. The summed E-state index contributed by atoms with van der Waals surface area (Å²) in [7, 11) is 0. The van der Waals surface area contributed by atoms with Crippen molar-refractivity contribution in [1.82, 2.24) is 4.90 Å². The van der Waals surface area contributed by atoms with Crippen LogP contribution in [0.3, 0.4) is 0 Å². The molecule has 0 saturated carbocycles. The topological polar surface area (TPSA) is 46.3 Å². The molecule has 1 heterocycles. The van der Waals surface area contributed by atoms with Crippen LogP contribution in [0.2, 0.25) is 0 Å². The van der Waals surface area contributed by atoms with E-state index in [1.165, 1.54) is 4.90 Å². The van der Waals surface area contributed by atoms with Gasteiger partial charge in [-0.05, 0) is 49.3 Å². The van der Waals surface area contributed by atoms with Crippen LogP contribution >= 0.6 is 27.7 Å². The van der Waals surface area contributed by atoms with E-state index in [0.29, 0.717) is 13.0 Å². The summed E-state index contributed by atoms with van der Waals surface area (Å²) in [6, 6.07) is 8.57. The predicted octanol–water partition coefficient (Wildman–Crippen LogP) is 3.27. The van der Waals surface area contributed by atoms with Crippen molar-refractivity contribution in [3.63, 3.8) is 0 Å². The van der Waals surface area contributed by atoms with Gasteiger partial charge in [-0.1, -0.05) is 15.9 Å². The number of halogens is 1. The van der Waals surface area contributed by atoms with Crippen LogP contribution in [0.15, 0.2) is 33.6 Å². The first-order valence-corrected chi connectivity index (χ1v) is 8.86. The maximum Gasteiger partial charge on any atom is 0.222 e. The molecule has 0 radical (unpaired) electrons. The molecule has 1 saturated heterocycles. The van der Waals surface area contributed by atoms with E-state index in [4.69, 9.17) is 5.73 Å². The maximum atomic E-state index is 12.1. The smallest absolute Gasteiger partial charge is 0.222 e. The third-order valence-corrected chi connectivity index (χ3v) is 5.21. The predicted molar refractivity (Wildman–Crippen MR) is 87.9 cm³/mol. The van der Waals surface area contributed by atoms with Crippen LogP contribution < -0.4 is 5.73 Å². The molecule has 3 nitrogen and oxygen atoms in total. The molecule has 1 amide bonds. The fraction of sp³-hybridized carbons (Fsp3) is 0.533. The summed E-state index contributed by atoms with van der Waals surface area (Å²) in [5, 5.41) is 0. The molecule has 2 N–H and O–H groups in total. The van der Waals surface area contributed by atoms with Gasteiger partial charge in [0.25, 0.3) is 0 Å². The Bertz CT molecular complexity index is 438.